The topological polar surface area (TPSA) is 46.2 Å². The maximum Gasteiger partial charge on any atom is 0.156 e. The first-order valence-electron chi connectivity index (χ1n) is 6.30. The maximum atomic E-state index is 11.8. The lowest BCUT2D eigenvalue weighted by atomic mass is 10.2. The molecule has 0 saturated carbocycles. The van der Waals surface area contributed by atoms with E-state index in [9.17, 15) is 8.42 Å². The summed E-state index contributed by atoms with van der Waals surface area (Å²) < 4.78 is 22.9. The van der Waals surface area contributed by atoms with Crippen LogP contribution in [0, 0.1) is 0 Å². The Balaban J connectivity index is 3.53. The summed E-state index contributed by atoms with van der Waals surface area (Å²) in [6.45, 7) is 6.68. The molecule has 0 aromatic carbocycles. The number of rotatable bonds is 9. The Kier molecular flexibility index (Phi) is 8.43. The monoisotopic (exact) mass is 283 g/mol. The van der Waals surface area contributed by atoms with Gasteiger partial charge in [-0.2, -0.15) is 0 Å². The van der Waals surface area contributed by atoms with E-state index in [-0.39, 0.29) is 5.75 Å². The fourth-order valence-corrected chi connectivity index (χ4v) is 2.55. The Labute approximate surface area is 111 Å². The Hall–Kier alpha value is 0.200. The van der Waals surface area contributed by atoms with Gasteiger partial charge in [0.25, 0.3) is 0 Å². The van der Waals surface area contributed by atoms with Gasteiger partial charge in [0.15, 0.2) is 9.84 Å². The number of alkyl halides is 1. The Morgan fingerprint density at radius 2 is 1.59 bits per heavy atom. The summed E-state index contributed by atoms with van der Waals surface area (Å²) in [6, 6.07) is 0. The van der Waals surface area contributed by atoms with Crippen LogP contribution in [-0.4, -0.2) is 37.9 Å². The molecule has 0 aromatic rings. The summed E-state index contributed by atoms with van der Waals surface area (Å²) in [5.41, 5.74) is 0. The molecule has 0 rings (SSSR count). The molecule has 0 atom stereocenters. The van der Waals surface area contributed by atoms with Gasteiger partial charge in [0.05, 0.1) is 10.5 Å². The number of nitrogens with one attached hydrogen (secondary N) is 1. The lowest BCUT2D eigenvalue weighted by molar-refractivity contribution is 0.553. The maximum absolute atomic E-state index is 11.8. The van der Waals surface area contributed by atoms with Crippen molar-refractivity contribution >= 4 is 21.4 Å². The second-order valence-electron chi connectivity index (χ2n) is 5.28. The van der Waals surface area contributed by atoms with Crippen LogP contribution in [0.4, 0.5) is 0 Å². The summed E-state index contributed by atoms with van der Waals surface area (Å²) >= 11 is 5.57. The third-order valence-corrected chi connectivity index (χ3v) is 5.59. The summed E-state index contributed by atoms with van der Waals surface area (Å²) in [4.78, 5) is 0. The Morgan fingerprint density at radius 1 is 1.00 bits per heavy atom. The van der Waals surface area contributed by atoms with Crippen LogP contribution in [0.2, 0.25) is 0 Å². The normalized spacial score (nSPS) is 12.9. The van der Waals surface area contributed by atoms with E-state index in [1.165, 1.54) is 0 Å². The van der Waals surface area contributed by atoms with Gasteiger partial charge >= 0.3 is 0 Å². The molecule has 0 spiro atoms. The van der Waals surface area contributed by atoms with Crippen LogP contribution >= 0.6 is 11.6 Å². The average Bonchev–Trinajstić information content (AvgIpc) is 2.20. The molecule has 1 N–H and O–H groups in total. The molecule has 0 radical (unpaired) electrons. The van der Waals surface area contributed by atoms with Crippen molar-refractivity contribution in [1.82, 2.24) is 5.32 Å². The second-order valence-corrected chi connectivity index (χ2v) is 8.52. The van der Waals surface area contributed by atoms with Crippen molar-refractivity contribution in [2.24, 2.45) is 0 Å². The van der Waals surface area contributed by atoms with Crippen molar-refractivity contribution in [3.63, 3.8) is 0 Å². The van der Waals surface area contributed by atoms with Crippen LogP contribution < -0.4 is 5.32 Å². The van der Waals surface area contributed by atoms with Crippen LogP contribution in [0.5, 0.6) is 0 Å². The lowest BCUT2D eigenvalue weighted by Gasteiger charge is -2.19. The molecule has 5 heteroatoms. The van der Waals surface area contributed by atoms with Crippen molar-refractivity contribution in [3.05, 3.63) is 0 Å². The molecular weight excluding hydrogens is 258 g/mol. The van der Waals surface area contributed by atoms with Gasteiger partial charge in [-0.15, -0.1) is 11.6 Å². The number of sulfone groups is 1. The lowest BCUT2D eigenvalue weighted by Crippen LogP contribution is -2.34. The third kappa shape index (κ3) is 8.01. The van der Waals surface area contributed by atoms with Crippen LogP contribution in [0.1, 0.15) is 46.5 Å². The van der Waals surface area contributed by atoms with Gasteiger partial charge in [0.2, 0.25) is 0 Å². The van der Waals surface area contributed by atoms with E-state index in [0.29, 0.717) is 6.54 Å². The Bertz CT molecular complexity index is 283. The van der Waals surface area contributed by atoms with Crippen molar-refractivity contribution in [1.29, 1.82) is 0 Å². The molecule has 0 aliphatic rings. The third-order valence-electron chi connectivity index (χ3n) is 2.72. The van der Waals surface area contributed by atoms with Gasteiger partial charge in [-0.3, -0.25) is 0 Å². The predicted octanol–water partition coefficient (Wildman–Crippen LogP) is 2.59. The fraction of sp³-hybridized carbons (Fsp3) is 1.00. The molecule has 0 heterocycles. The van der Waals surface area contributed by atoms with E-state index >= 15 is 0 Å². The fourth-order valence-electron chi connectivity index (χ4n) is 1.34. The number of hydrogen-bond acceptors (Lipinski definition) is 3. The highest BCUT2D eigenvalue weighted by molar-refractivity contribution is 7.92. The van der Waals surface area contributed by atoms with E-state index in [1.807, 2.05) is 0 Å². The molecule has 0 unspecified atom stereocenters. The zero-order valence-electron chi connectivity index (χ0n) is 11.3. The molecule has 0 bridgehead atoms. The van der Waals surface area contributed by atoms with Gasteiger partial charge in [0, 0.05) is 12.4 Å². The van der Waals surface area contributed by atoms with E-state index in [0.717, 1.165) is 38.1 Å². The quantitative estimate of drug-likeness (QED) is 0.523. The average molecular weight is 284 g/mol. The zero-order valence-corrected chi connectivity index (χ0v) is 12.8. The zero-order chi connectivity index (χ0) is 13.4. The van der Waals surface area contributed by atoms with Crippen LogP contribution in [0.25, 0.3) is 0 Å². The molecule has 0 fully saturated rings. The molecule has 0 aliphatic carbocycles. The summed E-state index contributed by atoms with van der Waals surface area (Å²) in [6.07, 6.45) is 4.48. The molecule has 104 valence electrons. The molecule has 0 amide bonds. The van der Waals surface area contributed by atoms with Crippen molar-refractivity contribution < 1.29 is 8.42 Å². The number of halogens is 1. The van der Waals surface area contributed by atoms with Crippen LogP contribution in [0.15, 0.2) is 0 Å². The van der Waals surface area contributed by atoms with Gasteiger partial charge in [-0.1, -0.05) is 12.8 Å². The summed E-state index contributed by atoms with van der Waals surface area (Å²) in [5, 5.41) is 3.18. The molecule has 0 aromatic heterocycles. The minimum absolute atomic E-state index is 0.220. The minimum Gasteiger partial charge on any atom is -0.316 e. The van der Waals surface area contributed by atoms with Crippen molar-refractivity contribution in [2.75, 3.05) is 24.7 Å². The smallest absolute Gasteiger partial charge is 0.156 e. The van der Waals surface area contributed by atoms with E-state index in [1.54, 1.807) is 20.8 Å². The highest BCUT2D eigenvalue weighted by atomic mass is 35.5. The number of hydrogen-bond donors (Lipinski definition) is 1. The van der Waals surface area contributed by atoms with Gasteiger partial charge in [-0.05, 0) is 40.2 Å². The van der Waals surface area contributed by atoms with Crippen LogP contribution in [-0.2, 0) is 9.84 Å². The molecule has 0 saturated heterocycles. The standard InChI is InChI=1S/C12H26ClNO2S/c1-12(2,3)17(15,16)11-10-14-9-7-5-4-6-8-13/h14H,4-11H2,1-3H3. The van der Waals surface area contributed by atoms with Gasteiger partial charge in [-0.25, -0.2) is 8.42 Å². The first kappa shape index (κ1) is 17.2. The van der Waals surface area contributed by atoms with Crippen molar-refractivity contribution in [2.45, 2.75) is 51.2 Å². The van der Waals surface area contributed by atoms with Crippen LogP contribution in [0.3, 0.4) is 0 Å². The minimum atomic E-state index is -2.98. The highest BCUT2D eigenvalue weighted by Gasteiger charge is 2.27. The Morgan fingerprint density at radius 3 is 2.12 bits per heavy atom. The van der Waals surface area contributed by atoms with Gasteiger partial charge in [0.1, 0.15) is 0 Å². The number of unbranched alkanes of at least 4 members (excludes halogenated alkanes) is 3. The molecule has 3 nitrogen and oxygen atoms in total. The molecule has 17 heavy (non-hydrogen) atoms. The molecular formula is C12H26ClNO2S. The summed E-state index contributed by atoms with van der Waals surface area (Å²) in [7, 11) is -2.98. The summed E-state index contributed by atoms with van der Waals surface area (Å²) in [5.74, 6) is 0.954. The van der Waals surface area contributed by atoms with Crippen molar-refractivity contribution in [3.8, 4) is 0 Å². The highest BCUT2D eigenvalue weighted by Crippen LogP contribution is 2.15. The predicted molar refractivity (Wildman–Crippen MR) is 75.6 cm³/mol. The second kappa shape index (κ2) is 8.33. The van der Waals surface area contributed by atoms with E-state index in [4.69, 9.17) is 11.6 Å². The first-order chi connectivity index (χ1) is 7.81. The molecule has 0 aliphatic heterocycles. The SMILES string of the molecule is CC(C)(C)S(=O)(=O)CCNCCCCCCCl. The van der Waals surface area contributed by atoms with Gasteiger partial charge < -0.3 is 5.32 Å². The van der Waals surface area contributed by atoms with E-state index < -0.39 is 14.6 Å². The van der Waals surface area contributed by atoms with E-state index in [2.05, 4.69) is 5.32 Å². The first-order valence-corrected chi connectivity index (χ1v) is 8.49. The largest absolute Gasteiger partial charge is 0.316 e.